The Morgan fingerprint density at radius 3 is 2.36 bits per heavy atom. The molecular formula is C20H27ClN2O2. The summed E-state index contributed by atoms with van der Waals surface area (Å²) in [6.45, 7) is 6.58. The Balaban J connectivity index is 1.72. The molecule has 1 aromatic heterocycles. The van der Waals surface area contributed by atoms with E-state index in [2.05, 4.69) is 31.0 Å². The van der Waals surface area contributed by atoms with Crippen molar-refractivity contribution in [3.8, 4) is 0 Å². The van der Waals surface area contributed by atoms with Crippen molar-refractivity contribution in [1.29, 1.82) is 0 Å². The van der Waals surface area contributed by atoms with Crippen LogP contribution in [0.25, 0.3) is 0 Å². The van der Waals surface area contributed by atoms with Crippen LogP contribution < -0.4 is 0 Å². The van der Waals surface area contributed by atoms with Crippen molar-refractivity contribution in [2.24, 2.45) is 5.41 Å². The van der Waals surface area contributed by atoms with Crippen molar-refractivity contribution >= 4 is 11.6 Å². The summed E-state index contributed by atoms with van der Waals surface area (Å²) in [5.41, 5.74) is 1.38. The quantitative estimate of drug-likeness (QED) is 0.715. The van der Waals surface area contributed by atoms with Crippen LogP contribution in [0.4, 0.5) is 0 Å². The summed E-state index contributed by atoms with van der Waals surface area (Å²) >= 11 is 5.99. The maximum Gasteiger partial charge on any atom is 0.186 e. The van der Waals surface area contributed by atoms with Crippen molar-refractivity contribution in [2.75, 3.05) is 13.2 Å². The molecule has 0 saturated carbocycles. The first-order valence-corrected chi connectivity index (χ1v) is 9.45. The lowest BCUT2D eigenvalue weighted by Crippen LogP contribution is -2.51. The molecule has 1 aromatic carbocycles. The van der Waals surface area contributed by atoms with Crippen LogP contribution in [0.1, 0.15) is 38.7 Å². The average Bonchev–Trinajstić information content (AvgIpc) is 3.15. The molecule has 2 heterocycles. The van der Waals surface area contributed by atoms with Gasteiger partial charge in [0.2, 0.25) is 0 Å². The molecule has 3 rings (SSSR count). The van der Waals surface area contributed by atoms with Crippen molar-refractivity contribution in [3.63, 3.8) is 0 Å². The minimum Gasteiger partial charge on any atom is -0.347 e. The van der Waals surface area contributed by atoms with Crippen LogP contribution in [-0.2, 0) is 22.4 Å². The molecule has 1 saturated heterocycles. The fourth-order valence-electron chi connectivity index (χ4n) is 3.27. The molecule has 0 aliphatic carbocycles. The summed E-state index contributed by atoms with van der Waals surface area (Å²) in [6.07, 6.45) is 9.39. The van der Waals surface area contributed by atoms with Crippen molar-refractivity contribution < 1.29 is 9.47 Å². The lowest BCUT2D eigenvalue weighted by molar-refractivity contribution is -0.313. The van der Waals surface area contributed by atoms with E-state index in [1.807, 2.05) is 29.2 Å². The van der Waals surface area contributed by atoms with Gasteiger partial charge in [0.25, 0.3) is 0 Å². The van der Waals surface area contributed by atoms with Crippen LogP contribution in [0.3, 0.4) is 0 Å². The second-order valence-corrected chi connectivity index (χ2v) is 7.49. The minimum absolute atomic E-state index is 0.138. The number of rotatable bonds is 7. The molecule has 0 amide bonds. The maximum atomic E-state index is 6.39. The number of hydrogen-bond donors (Lipinski definition) is 0. The highest BCUT2D eigenvalue weighted by Crippen LogP contribution is 2.38. The predicted molar refractivity (Wildman–Crippen MR) is 99.7 cm³/mol. The van der Waals surface area contributed by atoms with Crippen LogP contribution in [0.15, 0.2) is 43.0 Å². The molecule has 1 aliphatic heterocycles. The third-order valence-corrected chi connectivity index (χ3v) is 5.73. The van der Waals surface area contributed by atoms with E-state index in [0.717, 1.165) is 43.9 Å². The van der Waals surface area contributed by atoms with E-state index in [-0.39, 0.29) is 5.41 Å². The smallest absolute Gasteiger partial charge is 0.186 e. The molecule has 136 valence electrons. The largest absolute Gasteiger partial charge is 0.347 e. The maximum absolute atomic E-state index is 6.39. The molecule has 0 N–H and O–H groups in total. The third kappa shape index (κ3) is 4.43. The number of benzene rings is 1. The average molecular weight is 363 g/mol. The van der Waals surface area contributed by atoms with E-state index in [1.54, 1.807) is 6.20 Å². The second kappa shape index (κ2) is 7.90. The summed E-state index contributed by atoms with van der Waals surface area (Å²) in [5.74, 6) is -0.603. The van der Waals surface area contributed by atoms with Gasteiger partial charge in [-0.25, -0.2) is 4.98 Å². The number of halogens is 1. The van der Waals surface area contributed by atoms with Crippen molar-refractivity contribution in [2.45, 2.75) is 51.9 Å². The first-order chi connectivity index (χ1) is 12.1. The van der Waals surface area contributed by atoms with E-state index in [1.165, 1.54) is 5.56 Å². The van der Waals surface area contributed by atoms with Gasteiger partial charge in [0.15, 0.2) is 5.79 Å². The molecule has 4 nitrogen and oxygen atoms in total. The van der Waals surface area contributed by atoms with Gasteiger partial charge in [-0.1, -0.05) is 37.6 Å². The number of nitrogens with zero attached hydrogens (tertiary/aromatic N) is 2. The van der Waals surface area contributed by atoms with Crippen molar-refractivity contribution in [1.82, 2.24) is 9.55 Å². The molecule has 1 aliphatic rings. The zero-order valence-corrected chi connectivity index (χ0v) is 15.8. The Labute approximate surface area is 155 Å². The predicted octanol–water partition coefficient (Wildman–Crippen LogP) is 4.72. The summed E-state index contributed by atoms with van der Waals surface area (Å²) in [4.78, 5) is 4.14. The van der Waals surface area contributed by atoms with Gasteiger partial charge >= 0.3 is 0 Å². The molecule has 1 fully saturated rings. The molecule has 0 unspecified atom stereocenters. The Kier molecular flexibility index (Phi) is 5.82. The van der Waals surface area contributed by atoms with Crippen LogP contribution in [0, 0.1) is 5.41 Å². The van der Waals surface area contributed by atoms with Crippen LogP contribution in [0.2, 0.25) is 5.02 Å². The van der Waals surface area contributed by atoms with Gasteiger partial charge in [0.1, 0.15) is 0 Å². The first kappa shape index (κ1) is 18.4. The van der Waals surface area contributed by atoms with E-state index < -0.39 is 5.79 Å². The number of ether oxygens (including phenoxy) is 2. The number of hydrogen-bond acceptors (Lipinski definition) is 3. The molecular weight excluding hydrogens is 336 g/mol. The zero-order chi connectivity index (χ0) is 17.8. The fourth-order valence-corrected chi connectivity index (χ4v) is 3.40. The Hall–Kier alpha value is -1.36. The van der Waals surface area contributed by atoms with E-state index in [9.17, 15) is 0 Å². The van der Waals surface area contributed by atoms with E-state index >= 15 is 0 Å². The Morgan fingerprint density at radius 1 is 1.12 bits per heavy atom. The van der Waals surface area contributed by atoms with Gasteiger partial charge in [-0.05, 0) is 37.0 Å². The van der Waals surface area contributed by atoms with Crippen LogP contribution in [-0.4, -0.2) is 28.6 Å². The highest BCUT2D eigenvalue weighted by atomic mass is 35.5. The van der Waals surface area contributed by atoms with Crippen LogP contribution >= 0.6 is 11.6 Å². The normalized spacial score (nSPS) is 19.0. The summed E-state index contributed by atoms with van der Waals surface area (Å²) < 4.78 is 14.8. The molecule has 0 radical (unpaired) electrons. The highest BCUT2D eigenvalue weighted by Gasteiger charge is 2.43. The molecule has 5 heteroatoms. The van der Waals surface area contributed by atoms with Crippen molar-refractivity contribution in [3.05, 3.63) is 53.6 Å². The number of imidazole rings is 1. The highest BCUT2D eigenvalue weighted by molar-refractivity contribution is 6.30. The standard InChI is InChI=1S/C20H27ClN2O2/c1-3-19(4-2)14-24-20(25-15-19,13-23-12-11-22-16-23)10-9-17-5-7-18(21)8-6-17/h5-8,11-12,16H,3-4,9-10,13-15H2,1-2H3. The SMILES string of the molecule is CCC1(CC)COC(CCc2ccc(Cl)cc2)(Cn2ccnc2)OC1. The third-order valence-electron chi connectivity index (χ3n) is 5.47. The first-order valence-electron chi connectivity index (χ1n) is 9.07. The molecule has 2 aromatic rings. The minimum atomic E-state index is -0.603. The number of aryl methyl sites for hydroxylation is 1. The van der Waals surface area contributed by atoms with Gasteiger partial charge in [-0.2, -0.15) is 0 Å². The van der Waals surface area contributed by atoms with Crippen LogP contribution in [0.5, 0.6) is 0 Å². The summed E-state index contributed by atoms with van der Waals surface area (Å²) in [7, 11) is 0. The summed E-state index contributed by atoms with van der Waals surface area (Å²) in [5, 5.41) is 0.762. The van der Waals surface area contributed by atoms with E-state index in [0.29, 0.717) is 6.54 Å². The lowest BCUT2D eigenvalue weighted by atomic mass is 9.83. The topological polar surface area (TPSA) is 36.3 Å². The molecule has 25 heavy (non-hydrogen) atoms. The zero-order valence-electron chi connectivity index (χ0n) is 15.1. The van der Waals surface area contributed by atoms with Gasteiger partial charge in [0, 0.05) is 29.3 Å². The number of aromatic nitrogens is 2. The summed E-state index contributed by atoms with van der Waals surface area (Å²) in [6, 6.07) is 8.00. The second-order valence-electron chi connectivity index (χ2n) is 7.06. The lowest BCUT2D eigenvalue weighted by Gasteiger charge is -2.46. The van der Waals surface area contributed by atoms with Gasteiger partial charge < -0.3 is 14.0 Å². The Morgan fingerprint density at radius 2 is 1.80 bits per heavy atom. The Bertz CT molecular complexity index is 641. The van der Waals surface area contributed by atoms with Gasteiger partial charge in [-0.3, -0.25) is 0 Å². The van der Waals surface area contributed by atoms with E-state index in [4.69, 9.17) is 21.1 Å². The monoisotopic (exact) mass is 362 g/mol. The van der Waals surface area contributed by atoms with Gasteiger partial charge in [0.05, 0.1) is 26.1 Å². The molecule has 0 bridgehead atoms. The van der Waals surface area contributed by atoms with Gasteiger partial charge in [-0.15, -0.1) is 0 Å². The molecule has 0 atom stereocenters. The molecule has 0 spiro atoms. The fraction of sp³-hybridized carbons (Fsp3) is 0.550.